The van der Waals surface area contributed by atoms with Gasteiger partial charge < -0.3 is 0 Å². The molecule has 4 rings (SSSR count). The Kier molecular flexibility index (Phi) is 6.51. The molecule has 0 saturated heterocycles. The van der Waals surface area contributed by atoms with Crippen molar-refractivity contribution < 1.29 is 26.3 Å². The molecule has 0 heterocycles. The lowest BCUT2D eigenvalue weighted by Crippen LogP contribution is -2.15. The van der Waals surface area contributed by atoms with Crippen LogP contribution in [0.25, 0.3) is 10.8 Å². The maximum atomic E-state index is 14.8. The Balaban J connectivity index is 1.64. The molecule has 0 radical (unpaired) electrons. The lowest BCUT2D eigenvalue weighted by molar-refractivity contribution is 0.353. The van der Waals surface area contributed by atoms with Crippen LogP contribution in [0.1, 0.15) is 55.2 Å². The lowest BCUT2D eigenvalue weighted by atomic mass is 9.78. The monoisotopic (exact) mass is 458 g/mol. The molecule has 0 amide bonds. The third kappa shape index (κ3) is 4.50. The van der Waals surface area contributed by atoms with Crippen LogP contribution in [0, 0.1) is 52.7 Å². The van der Waals surface area contributed by atoms with Crippen LogP contribution in [0.5, 0.6) is 0 Å². The number of fused-ring (bicyclic) bond motifs is 1. The van der Waals surface area contributed by atoms with Crippen LogP contribution >= 0.6 is 0 Å². The van der Waals surface area contributed by atoms with Crippen molar-refractivity contribution in [3.05, 3.63) is 94.1 Å². The molecular weight excluding hydrogens is 438 g/mol. The SMILES string of the molecule is C/C=C/C1CCC(c2c(F)cc(C#Cc3ccc4c(F)c(F)c(F)cc4c3)c(F)c2F)CC1. The first-order chi connectivity index (χ1) is 15.8. The molecule has 33 heavy (non-hydrogen) atoms. The minimum Gasteiger partial charge on any atom is -0.207 e. The van der Waals surface area contributed by atoms with Gasteiger partial charge in [0.25, 0.3) is 0 Å². The van der Waals surface area contributed by atoms with E-state index in [1.54, 1.807) is 0 Å². The third-order valence-corrected chi connectivity index (χ3v) is 6.15. The lowest BCUT2D eigenvalue weighted by Gasteiger charge is -2.27. The van der Waals surface area contributed by atoms with Crippen LogP contribution in [0.4, 0.5) is 26.3 Å². The Morgan fingerprint density at radius 1 is 0.758 bits per heavy atom. The summed E-state index contributed by atoms with van der Waals surface area (Å²) in [6.45, 7) is 1.93. The van der Waals surface area contributed by atoms with E-state index >= 15 is 0 Å². The molecule has 170 valence electrons. The highest BCUT2D eigenvalue weighted by atomic mass is 19.2. The highest BCUT2D eigenvalue weighted by Crippen LogP contribution is 2.39. The summed E-state index contributed by atoms with van der Waals surface area (Å²) in [5.74, 6) is -2.63. The molecule has 0 atom stereocenters. The van der Waals surface area contributed by atoms with E-state index in [-0.39, 0.29) is 21.9 Å². The Morgan fingerprint density at radius 3 is 2.18 bits per heavy atom. The Hall–Kier alpha value is -3.20. The second-order valence-corrected chi connectivity index (χ2v) is 8.26. The second kappa shape index (κ2) is 9.35. The Labute approximate surface area is 187 Å². The average molecular weight is 458 g/mol. The van der Waals surface area contributed by atoms with Gasteiger partial charge in [0.2, 0.25) is 0 Å². The summed E-state index contributed by atoms with van der Waals surface area (Å²) in [6.07, 6.45) is 6.73. The summed E-state index contributed by atoms with van der Waals surface area (Å²) in [4.78, 5) is 0. The van der Waals surface area contributed by atoms with Crippen molar-refractivity contribution in [2.45, 2.75) is 38.5 Å². The zero-order chi connectivity index (χ0) is 23.7. The molecule has 0 N–H and O–H groups in total. The summed E-state index contributed by atoms with van der Waals surface area (Å²) < 4.78 is 85.0. The molecular formula is C27H20F6. The molecule has 3 aromatic rings. The normalized spacial score (nSPS) is 18.5. The minimum atomic E-state index is -1.58. The Bertz CT molecular complexity index is 1300. The number of hydrogen-bond acceptors (Lipinski definition) is 0. The molecule has 0 unspecified atom stereocenters. The van der Waals surface area contributed by atoms with Gasteiger partial charge in [-0.25, -0.2) is 26.3 Å². The molecule has 0 nitrogen and oxygen atoms in total. The summed E-state index contributed by atoms with van der Waals surface area (Å²) in [7, 11) is 0. The third-order valence-electron chi connectivity index (χ3n) is 6.15. The van der Waals surface area contributed by atoms with Crippen molar-refractivity contribution in [1.29, 1.82) is 0 Å². The molecule has 1 aliphatic carbocycles. The fourth-order valence-corrected chi connectivity index (χ4v) is 4.47. The largest absolute Gasteiger partial charge is 0.207 e. The topological polar surface area (TPSA) is 0 Å². The first-order valence-electron chi connectivity index (χ1n) is 10.7. The summed E-state index contributed by atoms with van der Waals surface area (Å²) in [5.41, 5.74) is -0.469. The maximum Gasteiger partial charge on any atom is 0.195 e. The standard InChI is InChI=1S/C27H20F6/c1-2-3-15-4-8-17(9-5-15)23-21(28)13-18(24(30)27(23)33)10-6-16-7-11-20-19(12-16)14-22(29)26(32)25(20)31/h2-3,7,11-15,17H,4-5,8-9H2,1H3/b3-2+. The van der Waals surface area contributed by atoms with Gasteiger partial charge in [-0.05, 0) is 74.1 Å². The molecule has 0 bridgehead atoms. The smallest absolute Gasteiger partial charge is 0.195 e. The zero-order valence-electron chi connectivity index (χ0n) is 17.8. The molecule has 0 aliphatic heterocycles. The van der Waals surface area contributed by atoms with Crippen molar-refractivity contribution in [3.63, 3.8) is 0 Å². The average Bonchev–Trinajstić information content (AvgIpc) is 2.80. The van der Waals surface area contributed by atoms with Crippen LogP contribution in [0.3, 0.4) is 0 Å². The number of hydrogen-bond donors (Lipinski definition) is 0. The molecule has 0 aromatic heterocycles. The van der Waals surface area contributed by atoms with E-state index in [9.17, 15) is 26.3 Å². The highest BCUT2D eigenvalue weighted by molar-refractivity contribution is 5.84. The van der Waals surface area contributed by atoms with E-state index in [0.29, 0.717) is 18.8 Å². The van der Waals surface area contributed by atoms with E-state index in [1.807, 2.05) is 13.0 Å². The van der Waals surface area contributed by atoms with Gasteiger partial charge >= 0.3 is 0 Å². The van der Waals surface area contributed by atoms with Crippen molar-refractivity contribution in [3.8, 4) is 11.8 Å². The summed E-state index contributed by atoms with van der Waals surface area (Å²) >= 11 is 0. The van der Waals surface area contributed by atoms with Gasteiger partial charge in [0, 0.05) is 16.5 Å². The van der Waals surface area contributed by atoms with Crippen LogP contribution in [0.2, 0.25) is 0 Å². The van der Waals surface area contributed by atoms with E-state index < -0.39 is 46.4 Å². The van der Waals surface area contributed by atoms with E-state index in [2.05, 4.69) is 17.9 Å². The van der Waals surface area contributed by atoms with Gasteiger partial charge in [0.1, 0.15) is 5.82 Å². The number of rotatable bonds is 2. The molecule has 6 heteroatoms. The van der Waals surface area contributed by atoms with E-state index in [0.717, 1.165) is 25.0 Å². The van der Waals surface area contributed by atoms with Gasteiger partial charge in [0.15, 0.2) is 29.1 Å². The fourth-order valence-electron chi connectivity index (χ4n) is 4.47. The van der Waals surface area contributed by atoms with Crippen LogP contribution in [0.15, 0.2) is 42.5 Å². The molecule has 1 saturated carbocycles. The minimum absolute atomic E-state index is 0.0555. The van der Waals surface area contributed by atoms with Gasteiger partial charge in [-0.15, -0.1) is 0 Å². The van der Waals surface area contributed by atoms with Crippen LogP contribution in [-0.2, 0) is 0 Å². The van der Waals surface area contributed by atoms with Crippen LogP contribution in [-0.4, -0.2) is 0 Å². The van der Waals surface area contributed by atoms with E-state index in [4.69, 9.17) is 0 Å². The summed E-state index contributed by atoms with van der Waals surface area (Å²) in [6, 6.07) is 5.53. The van der Waals surface area contributed by atoms with Gasteiger partial charge in [-0.1, -0.05) is 30.1 Å². The molecule has 1 fully saturated rings. The summed E-state index contributed by atoms with van der Waals surface area (Å²) in [5, 5.41) is -0.0869. The Morgan fingerprint density at radius 2 is 1.48 bits per heavy atom. The second-order valence-electron chi connectivity index (χ2n) is 8.26. The van der Waals surface area contributed by atoms with Crippen LogP contribution < -0.4 is 0 Å². The highest BCUT2D eigenvalue weighted by Gasteiger charge is 2.28. The molecule has 1 aliphatic rings. The van der Waals surface area contributed by atoms with Crippen molar-refractivity contribution in [2.24, 2.45) is 5.92 Å². The first-order valence-corrected chi connectivity index (χ1v) is 10.7. The predicted octanol–water partition coefficient (Wildman–Crippen LogP) is 7.92. The number of allylic oxidation sites excluding steroid dienone is 2. The predicted molar refractivity (Wildman–Crippen MR) is 116 cm³/mol. The number of halogens is 6. The van der Waals surface area contributed by atoms with E-state index in [1.165, 1.54) is 18.2 Å². The van der Waals surface area contributed by atoms with Gasteiger partial charge in [-0.2, -0.15) is 0 Å². The quantitative estimate of drug-likeness (QED) is 0.120. The maximum absolute atomic E-state index is 14.8. The van der Waals surface area contributed by atoms with Crippen molar-refractivity contribution >= 4 is 10.8 Å². The van der Waals surface area contributed by atoms with Crippen molar-refractivity contribution in [1.82, 2.24) is 0 Å². The molecule has 0 spiro atoms. The first kappa shape index (κ1) is 23.0. The van der Waals surface area contributed by atoms with Gasteiger partial charge in [-0.3, -0.25) is 0 Å². The fraction of sp³-hybridized carbons (Fsp3) is 0.259. The molecule has 3 aromatic carbocycles. The zero-order valence-corrected chi connectivity index (χ0v) is 17.8. The van der Waals surface area contributed by atoms with Gasteiger partial charge in [0.05, 0.1) is 5.56 Å². The number of benzene rings is 3. The van der Waals surface area contributed by atoms with Crippen molar-refractivity contribution in [2.75, 3.05) is 0 Å².